The summed E-state index contributed by atoms with van der Waals surface area (Å²) in [7, 11) is 1.65. The molecule has 2 N–H and O–H groups in total. The summed E-state index contributed by atoms with van der Waals surface area (Å²) < 4.78 is 5.01. The van der Waals surface area contributed by atoms with Gasteiger partial charge in [0, 0.05) is 26.7 Å². The molecule has 0 radical (unpaired) electrons. The molecule has 1 amide bonds. The zero-order chi connectivity index (χ0) is 12.6. The van der Waals surface area contributed by atoms with Crippen LogP contribution < -0.4 is 5.73 Å². The van der Waals surface area contributed by atoms with E-state index in [1.165, 1.54) is 0 Å². The van der Waals surface area contributed by atoms with E-state index in [-0.39, 0.29) is 11.3 Å². The molecule has 0 saturated heterocycles. The highest BCUT2D eigenvalue weighted by Gasteiger charge is 2.36. The van der Waals surface area contributed by atoms with Gasteiger partial charge in [-0.3, -0.25) is 4.79 Å². The van der Waals surface area contributed by atoms with Gasteiger partial charge in [-0.25, -0.2) is 0 Å². The highest BCUT2D eigenvalue weighted by Crippen LogP contribution is 2.27. The van der Waals surface area contributed by atoms with Gasteiger partial charge < -0.3 is 15.4 Å². The number of nitrogens with two attached hydrogens (primary N) is 1. The Morgan fingerprint density at radius 2 is 1.88 bits per heavy atom. The van der Waals surface area contributed by atoms with E-state index >= 15 is 0 Å². The fourth-order valence-electron chi connectivity index (χ4n) is 1.87. The topological polar surface area (TPSA) is 55.6 Å². The molecular weight excluding hydrogens is 204 g/mol. The molecule has 16 heavy (non-hydrogen) atoms. The van der Waals surface area contributed by atoms with E-state index in [4.69, 9.17) is 10.5 Å². The molecule has 0 aliphatic carbocycles. The monoisotopic (exact) mass is 230 g/mol. The van der Waals surface area contributed by atoms with Gasteiger partial charge >= 0.3 is 0 Å². The second-order valence-corrected chi connectivity index (χ2v) is 4.07. The van der Waals surface area contributed by atoms with Crippen molar-refractivity contribution in [2.75, 3.05) is 33.4 Å². The normalized spacial score (nSPS) is 11.6. The number of methoxy groups -OCH3 is 1. The number of hydrogen-bond donors (Lipinski definition) is 1. The lowest BCUT2D eigenvalue weighted by atomic mass is 9.81. The molecule has 0 fully saturated rings. The number of rotatable bonds is 8. The van der Waals surface area contributed by atoms with Crippen LogP contribution in [0.1, 0.15) is 33.6 Å². The molecule has 0 rings (SSSR count). The van der Waals surface area contributed by atoms with Crippen molar-refractivity contribution in [3.63, 3.8) is 0 Å². The van der Waals surface area contributed by atoms with Crippen molar-refractivity contribution >= 4 is 5.91 Å². The lowest BCUT2D eigenvalue weighted by Gasteiger charge is -2.34. The summed E-state index contributed by atoms with van der Waals surface area (Å²) in [5.74, 6) is 0.166. The molecule has 0 aliphatic rings. The highest BCUT2D eigenvalue weighted by molar-refractivity contribution is 5.83. The standard InChI is InChI=1S/C12H26N2O2/c1-5-12(6-2,10-13)11(15)14(7-3)8-9-16-4/h5-10,13H2,1-4H3. The highest BCUT2D eigenvalue weighted by atomic mass is 16.5. The minimum absolute atomic E-state index is 0.166. The summed E-state index contributed by atoms with van der Waals surface area (Å²) in [6.07, 6.45) is 1.59. The Bertz CT molecular complexity index is 195. The number of nitrogens with zero attached hydrogens (tertiary/aromatic N) is 1. The van der Waals surface area contributed by atoms with Crippen LogP contribution in [-0.2, 0) is 9.53 Å². The molecule has 96 valence electrons. The number of carbonyl (C=O) groups is 1. The molecule has 0 spiro atoms. The van der Waals surface area contributed by atoms with Gasteiger partial charge in [0.1, 0.15) is 0 Å². The Morgan fingerprint density at radius 1 is 1.31 bits per heavy atom. The summed E-state index contributed by atoms with van der Waals surface area (Å²) in [6, 6.07) is 0. The zero-order valence-corrected chi connectivity index (χ0v) is 11.1. The van der Waals surface area contributed by atoms with Crippen LogP contribution in [0, 0.1) is 5.41 Å². The molecule has 0 bridgehead atoms. The van der Waals surface area contributed by atoms with Crippen molar-refractivity contribution in [1.29, 1.82) is 0 Å². The van der Waals surface area contributed by atoms with Crippen LogP contribution in [0.5, 0.6) is 0 Å². The van der Waals surface area contributed by atoms with E-state index in [1.54, 1.807) is 7.11 Å². The molecule has 0 aliphatic heterocycles. The molecular formula is C12H26N2O2. The van der Waals surface area contributed by atoms with Crippen LogP contribution in [0.15, 0.2) is 0 Å². The van der Waals surface area contributed by atoms with E-state index < -0.39 is 0 Å². The third-order valence-electron chi connectivity index (χ3n) is 3.43. The minimum Gasteiger partial charge on any atom is -0.383 e. The van der Waals surface area contributed by atoms with Gasteiger partial charge in [0.2, 0.25) is 5.91 Å². The molecule has 0 atom stereocenters. The molecule has 4 nitrogen and oxygen atoms in total. The lowest BCUT2D eigenvalue weighted by molar-refractivity contribution is -0.142. The van der Waals surface area contributed by atoms with E-state index in [0.717, 1.165) is 12.8 Å². The Kier molecular flexibility index (Phi) is 7.34. The summed E-state index contributed by atoms with van der Waals surface area (Å²) >= 11 is 0. The predicted molar refractivity (Wildman–Crippen MR) is 66.2 cm³/mol. The van der Waals surface area contributed by atoms with Gasteiger partial charge in [0.25, 0.3) is 0 Å². The number of hydrogen-bond acceptors (Lipinski definition) is 3. The molecule has 0 saturated carbocycles. The molecule has 0 aromatic rings. The van der Waals surface area contributed by atoms with Crippen LogP contribution in [0.3, 0.4) is 0 Å². The fraction of sp³-hybridized carbons (Fsp3) is 0.917. The average Bonchev–Trinajstić information content (AvgIpc) is 2.33. The van der Waals surface area contributed by atoms with Crippen LogP contribution in [0.2, 0.25) is 0 Å². The Morgan fingerprint density at radius 3 is 2.19 bits per heavy atom. The first-order chi connectivity index (χ1) is 7.61. The zero-order valence-electron chi connectivity index (χ0n) is 11.1. The van der Waals surface area contributed by atoms with E-state index in [2.05, 4.69) is 0 Å². The first kappa shape index (κ1) is 15.4. The average molecular weight is 230 g/mol. The van der Waals surface area contributed by atoms with Crippen molar-refractivity contribution in [3.05, 3.63) is 0 Å². The Hall–Kier alpha value is -0.610. The maximum absolute atomic E-state index is 12.4. The molecule has 0 aromatic carbocycles. The summed E-state index contributed by atoms with van der Waals surface area (Å²) in [5.41, 5.74) is 5.39. The minimum atomic E-state index is -0.385. The first-order valence-corrected chi connectivity index (χ1v) is 6.10. The molecule has 0 unspecified atom stereocenters. The van der Waals surface area contributed by atoms with Crippen LogP contribution >= 0.6 is 0 Å². The van der Waals surface area contributed by atoms with Crippen LogP contribution in [-0.4, -0.2) is 44.2 Å². The van der Waals surface area contributed by atoms with Crippen molar-refractivity contribution in [1.82, 2.24) is 4.90 Å². The SMILES string of the molecule is CCN(CCOC)C(=O)C(CC)(CC)CN. The lowest BCUT2D eigenvalue weighted by Crippen LogP contribution is -2.48. The second-order valence-electron chi connectivity index (χ2n) is 4.07. The van der Waals surface area contributed by atoms with Gasteiger partial charge in [0.05, 0.1) is 12.0 Å². The Labute approximate surface area is 99.1 Å². The smallest absolute Gasteiger partial charge is 0.230 e. The maximum atomic E-state index is 12.4. The van der Waals surface area contributed by atoms with Crippen molar-refractivity contribution in [3.8, 4) is 0 Å². The van der Waals surface area contributed by atoms with Crippen molar-refractivity contribution in [2.24, 2.45) is 11.1 Å². The van der Waals surface area contributed by atoms with Gasteiger partial charge in [-0.2, -0.15) is 0 Å². The third kappa shape index (κ3) is 3.46. The number of amides is 1. The van der Waals surface area contributed by atoms with Gasteiger partial charge in [-0.05, 0) is 19.8 Å². The first-order valence-electron chi connectivity index (χ1n) is 6.10. The van der Waals surface area contributed by atoms with Gasteiger partial charge in [-0.15, -0.1) is 0 Å². The van der Waals surface area contributed by atoms with Crippen LogP contribution in [0.4, 0.5) is 0 Å². The number of carbonyl (C=O) groups excluding carboxylic acids is 1. The third-order valence-corrected chi connectivity index (χ3v) is 3.43. The maximum Gasteiger partial charge on any atom is 0.230 e. The van der Waals surface area contributed by atoms with E-state index in [1.807, 2.05) is 25.7 Å². The number of ether oxygens (including phenoxy) is 1. The molecule has 0 heterocycles. The van der Waals surface area contributed by atoms with Crippen LogP contribution in [0.25, 0.3) is 0 Å². The predicted octanol–water partition coefficient (Wildman–Crippen LogP) is 1.25. The molecule has 0 aromatic heterocycles. The largest absolute Gasteiger partial charge is 0.383 e. The molecule has 4 heteroatoms. The number of likely N-dealkylation sites (N-methyl/N-ethyl adjacent to an activating group) is 1. The van der Waals surface area contributed by atoms with Gasteiger partial charge in [0.15, 0.2) is 0 Å². The van der Waals surface area contributed by atoms with Crippen molar-refractivity contribution < 1.29 is 9.53 Å². The van der Waals surface area contributed by atoms with Crippen molar-refractivity contribution in [2.45, 2.75) is 33.6 Å². The van der Waals surface area contributed by atoms with E-state index in [0.29, 0.717) is 26.2 Å². The fourth-order valence-corrected chi connectivity index (χ4v) is 1.87. The summed E-state index contributed by atoms with van der Waals surface area (Å²) in [6.45, 7) is 8.39. The Balaban J connectivity index is 4.68. The summed E-state index contributed by atoms with van der Waals surface area (Å²) in [4.78, 5) is 14.2. The summed E-state index contributed by atoms with van der Waals surface area (Å²) in [5, 5.41) is 0. The second kappa shape index (κ2) is 7.63. The van der Waals surface area contributed by atoms with Gasteiger partial charge in [-0.1, -0.05) is 13.8 Å². The quantitative estimate of drug-likeness (QED) is 0.682. The van der Waals surface area contributed by atoms with E-state index in [9.17, 15) is 4.79 Å².